The predicted octanol–water partition coefficient (Wildman–Crippen LogP) is 3.59. The monoisotopic (exact) mass is 498 g/mol. The topological polar surface area (TPSA) is 118 Å². The number of ether oxygens (including phenoxy) is 2. The normalized spacial score (nSPS) is 10.5. The van der Waals surface area contributed by atoms with Crippen molar-refractivity contribution in [1.29, 1.82) is 0 Å². The van der Waals surface area contributed by atoms with Crippen LogP contribution < -0.4 is 25.5 Å². The summed E-state index contributed by atoms with van der Waals surface area (Å²) in [6, 6.07) is 16.4. The second-order valence-electron chi connectivity index (χ2n) is 6.92. The predicted molar refractivity (Wildman–Crippen MR) is 129 cm³/mol. The van der Waals surface area contributed by atoms with E-state index in [1.54, 1.807) is 42.5 Å². The maximum absolute atomic E-state index is 12.9. The molecule has 0 bridgehead atoms. The Morgan fingerprint density at radius 3 is 2.43 bits per heavy atom. The SMILES string of the molecule is COc1cc(/C=N\NC(=O)C(=O)Nc2ccc(F)cc2)ccc1OCC(=O)Nc1cccc(Cl)c1. The van der Waals surface area contributed by atoms with E-state index in [0.717, 1.165) is 12.1 Å². The molecule has 3 amide bonds. The first-order valence-corrected chi connectivity index (χ1v) is 10.5. The van der Waals surface area contributed by atoms with Crippen molar-refractivity contribution in [3.63, 3.8) is 0 Å². The highest BCUT2D eigenvalue weighted by Gasteiger charge is 2.13. The Bertz CT molecular complexity index is 1250. The summed E-state index contributed by atoms with van der Waals surface area (Å²) in [4.78, 5) is 35.9. The fourth-order valence-corrected chi connectivity index (χ4v) is 2.92. The van der Waals surface area contributed by atoms with Gasteiger partial charge >= 0.3 is 11.8 Å². The van der Waals surface area contributed by atoms with Crippen LogP contribution >= 0.6 is 11.6 Å². The van der Waals surface area contributed by atoms with Gasteiger partial charge in [0.15, 0.2) is 18.1 Å². The van der Waals surface area contributed by atoms with Crippen LogP contribution in [0, 0.1) is 5.82 Å². The van der Waals surface area contributed by atoms with Crippen molar-refractivity contribution in [2.75, 3.05) is 24.4 Å². The first-order chi connectivity index (χ1) is 16.8. The number of methoxy groups -OCH3 is 1. The molecule has 0 unspecified atom stereocenters. The third-order valence-electron chi connectivity index (χ3n) is 4.34. The molecule has 3 aromatic rings. The molecule has 0 spiro atoms. The lowest BCUT2D eigenvalue weighted by Gasteiger charge is -2.11. The number of hydrogen-bond donors (Lipinski definition) is 3. The van der Waals surface area contributed by atoms with Gasteiger partial charge in [0.2, 0.25) is 0 Å². The quantitative estimate of drug-likeness (QED) is 0.249. The number of hydrazone groups is 1. The molecule has 0 aromatic heterocycles. The summed E-state index contributed by atoms with van der Waals surface area (Å²) in [5, 5.41) is 9.21. The van der Waals surface area contributed by atoms with Gasteiger partial charge in [0.25, 0.3) is 5.91 Å². The highest BCUT2D eigenvalue weighted by molar-refractivity contribution is 6.39. The molecule has 180 valence electrons. The van der Waals surface area contributed by atoms with Crippen molar-refractivity contribution in [2.24, 2.45) is 5.10 Å². The average molecular weight is 499 g/mol. The Balaban J connectivity index is 1.52. The van der Waals surface area contributed by atoms with Crippen molar-refractivity contribution < 1.29 is 28.2 Å². The maximum Gasteiger partial charge on any atom is 0.329 e. The van der Waals surface area contributed by atoms with E-state index >= 15 is 0 Å². The zero-order valence-electron chi connectivity index (χ0n) is 18.4. The minimum atomic E-state index is -1.01. The van der Waals surface area contributed by atoms with Gasteiger partial charge in [-0.15, -0.1) is 0 Å². The third-order valence-corrected chi connectivity index (χ3v) is 4.58. The largest absolute Gasteiger partial charge is 0.493 e. The fraction of sp³-hybridized carbons (Fsp3) is 0.0833. The summed E-state index contributed by atoms with van der Waals surface area (Å²) >= 11 is 5.90. The van der Waals surface area contributed by atoms with Gasteiger partial charge in [0.05, 0.1) is 13.3 Å². The molecule has 3 aromatic carbocycles. The van der Waals surface area contributed by atoms with Gasteiger partial charge in [-0.25, -0.2) is 9.82 Å². The first-order valence-electron chi connectivity index (χ1n) is 10.1. The van der Waals surface area contributed by atoms with E-state index in [9.17, 15) is 18.8 Å². The summed E-state index contributed by atoms with van der Waals surface area (Å²) in [5.74, 6) is -2.20. The molecule has 0 saturated carbocycles. The van der Waals surface area contributed by atoms with Gasteiger partial charge in [-0.3, -0.25) is 14.4 Å². The molecule has 0 aliphatic heterocycles. The Labute approximate surface area is 204 Å². The van der Waals surface area contributed by atoms with Gasteiger partial charge in [-0.1, -0.05) is 17.7 Å². The summed E-state index contributed by atoms with van der Waals surface area (Å²) in [6.45, 7) is -0.268. The van der Waals surface area contributed by atoms with Gasteiger partial charge in [-0.2, -0.15) is 5.10 Å². The Hall–Kier alpha value is -4.44. The Morgan fingerprint density at radius 2 is 1.71 bits per heavy atom. The molecule has 3 rings (SSSR count). The number of nitrogens with one attached hydrogen (secondary N) is 3. The number of amides is 3. The Morgan fingerprint density at radius 1 is 0.943 bits per heavy atom. The molecular weight excluding hydrogens is 479 g/mol. The maximum atomic E-state index is 12.9. The standard InChI is InChI=1S/C24H20ClFN4O5/c1-34-21-11-15(13-27-30-24(33)23(32)29-18-8-6-17(26)7-9-18)5-10-20(21)35-14-22(31)28-19-4-2-3-16(25)12-19/h2-13H,14H2,1H3,(H,28,31)(H,29,32)(H,30,33)/b27-13-. The van der Waals surface area contributed by atoms with E-state index in [2.05, 4.69) is 21.2 Å². The molecule has 0 radical (unpaired) electrons. The van der Waals surface area contributed by atoms with Gasteiger partial charge in [0.1, 0.15) is 5.82 Å². The molecule has 0 atom stereocenters. The summed E-state index contributed by atoms with van der Waals surface area (Å²) in [6.07, 6.45) is 1.29. The lowest BCUT2D eigenvalue weighted by Crippen LogP contribution is -2.32. The number of hydrogen-bond acceptors (Lipinski definition) is 6. The fourth-order valence-electron chi connectivity index (χ4n) is 2.73. The highest BCUT2D eigenvalue weighted by atomic mass is 35.5. The van der Waals surface area contributed by atoms with E-state index < -0.39 is 17.6 Å². The molecule has 0 heterocycles. The van der Waals surface area contributed by atoms with Crippen LogP contribution in [0.5, 0.6) is 11.5 Å². The van der Waals surface area contributed by atoms with Crippen LogP contribution in [0.25, 0.3) is 0 Å². The zero-order chi connectivity index (χ0) is 25.2. The van der Waals surface area contributed by atoms with E-state index in [-0.39, 0.29) is 18.2 Å². The lowest BCUT2D eigenvalue weighted by atomic mass is 10.2. The third kappa shape index (κ3) is 7.83. The van der Waals surface area contributed by atoms with Gasteiger partial charge in [0, 0.05) is 16.4 Å². The molecule has 9 nitrogen and oxygen atoms in total. The number of nitrogens with zero attached hydrogens (tertiary/aromatic N) is 1. The first kappa shape index (κ1) is 25.2. The zero-order valence-corrected chi connectivity index (χ0v) is 19.1. The number of anilines is 2. The molecule has 0 fully saturated rings. The number of rotatable bonds is 8. The van der Waals surface area contributed by atoms with Crippen LogP contribution in [0.3, 0.4) is 0 Å². The average Bonchev–Trinajstić information content (AvgIpc) is 2.84. The van der Waals surface area contributed by atoms with Gasteiger partial charge in [-0.05, 0) is 66.2 Å². The van der Waals surface area contributed by atoms with E-state index in [1.165, 1.54) is 25.5 Å². The smallest absolute Gasteiger partial charge is 0.329 e. The second-order valence-corrected chi connectivity index (χ2v) is 7.35. The molecule has 11 heteroatoms. The van der Waals surface area contributed by atoms with Crippen LogP contribution in [-0.2, 0) is 14.4 Å². The minimum absolute atomic E-state index is 0.261. The van der Waals surface area contributed by atoms with Crippen molar-refractivity contribution in [2.45, 2.75) is 0 Å². The van der Waals surface area contributed by atoms with Crippen LogP contribution in [-0.4, -0.2) is 37.7 Å². The van der Waals surface area contributed by atoms with Crippen LogP contribution in [0.2, 0.25) is 5.02 Å². The molecule has 0 aliphatic carbocycles. The second kappa shape index (κ2) is 12.1. The van der Waals surface area contributed by atoms with Crippen LogP contribution in [0.15, 0.2) is 71.8 Å². The molecular formula is C24H20ClFN4O5. The molecule has 0 saturated heterocycles. The molecule has 3 N–H and O–H groups in total. The number of benzene rings is 3. The van der Waals surface area contributed by atoms with Crippen molar-refractivity contribution in [1.82, 2.24) is 5.43 Å². The summed E-state index contributed by atoms with van der Waals surface area (Å²) in [7, 11) is 1.43. The Kier molecular flexibility index (Phi) is 8.74. The molecule has 0 aliphatic rings. The molecule has 35 heavy (non-hydrogen) atoms. The van der Waals surface area contributed by atoms with E-state index in [0.29, 0.717) is 27.8 Å². The van der Waals surface area contributed by atoms with Crippen molar-refractivity contribution in [3.05, 3.63) is 83.1 Å². The summed E-state index contributed by atoms with van der Waals surface area (Å²) in [5.41, 5.74) is 3.42. The number of carbonyl (C=O) groups excluding carboxylic acids is 3. The van der Waals surface area contributed by atoms with Crippen molar-refractivity contribution >= 4 is 46.9 Å². The van der Waals surface area contributed by atoms with E-state index in [1.807, 2.05) is 0 Å². The highest BCUT2D eigenvalue weighted by Crippen LogP contribution is 2.27. The lowest BCUT2D eigenvalue weighted by molar-refractivity contribution is -0.136. The van der Waals surface area contributed by atoms with Crippen LogP contribution in [0.1, 0.15) is 5.56 Å². The van der Waals surface area contributed by atoms with Crippen molar-refractivity contribution in [3.8, 4) is 11.5 Å². The number of halogens is 2. The van der Waals surface area contributed by atoms with Crippen LogP contribution in [0.4, 0.5) is 15.8 Å². The number of carbonyl (C=O) groups is 3. The summed E-state index contributed by atoms with van der Waals surface area (Å²) < 4.78 is 23.7. The van der Waals surface area contributed by atoms with Gasteiger partial charge < -0.3 is 20.1 Å². The van der Waals surface area contributed by atoms with E-state index in [4.69, 9.17) is 21.1 Å². The minimum Gasteiger partial charge on any atom is -0.493 e.